The van der Waals surface area contributed by atoms with Crippen LogP contribution in [0.15, 0.2) is 41.6 Å². The van der Waals surface area contributed by atoms with Crippen molar-refractivity contribution in [3.05, 3.63) is 42.2 Å². The smallest absolute Gasteiger partial charge is 0.243 e. The van der Waals surface area contributed by atoms with Crippen molar-refractivity contribution < 1.29 is 13.2 Å². The Labute approximate surface area is 160 Å². The topological polar surface area (TPSA) is 84.3 Å². The summed E-state index contributed by atoms with van der Waals surface area (Å²) in [6.45, 7) is 5.65. The maximum atomic E-state index is 12.8. The second kappa shape index (κ2) is 8.22. The molecular weight excluding hydrogens is 364 g/mol. The number of hydrogen-bond acceptors (Lipinski definition) is 4. The van der Waals surface area contributed by atoms with Crippen LogP contribution in [-0.4, -0.2) is 41.5 Å². The molecule has 1 amide bonds. The number of aryl methyl sites for hydroxylation is 2. The molecule has 1 saturated heterocycles. The molecule has 1 aliphatic heterocycles. The van der Waals surface area contributed by atoms with Crippen molar-refractivity contribution in [3.63, 3.8) is 0 Å². The Balaban J connectivity index is 1.58. The van der Waals surface area contributed by atoms with Crippen LogP contribution >= 0.6 is 0 Å². The number of rotatable bonds is 6. The van der Waals surface area contributed by atoms with Crippen molar-refractivity contribution in [2.45, 2.75) is 44.6 Å². The molecule has 1 unspecified atom stereocenters. The van der Waals surface area contributed by atoms with Gasteiger partial charge < -0.3 is 5.32 Å². The average Bonchev–Trinajstić information content (AvgIpc) is 3.06. The van der Waals surface area contributed by atoms with Gasteiger partial charge in [0.1, 0.15) is 0 Å². The fourth-order valence-corrected chi connectivity index (χ4v) is 4.85. The molecule has 8 heteroatoms. The summed E-state index contributed by atoms with van der Waals surface area (Å²) in [6.07, 6.45) is 5.89. The van der Waals surface area contributed by atoms with Crippen LogP contribution in [0.4, 0.5) is 5.69 Å². The van der Waals surface area contributed by atoms with Crippen molar-refractivity contribution in [1.82, 2.24) is 14.1 Å². The Bertz CT molecular complexity index is 890. The summed E-state index contributed by atoms with van der Waals surface area (Å²) in [6, 6.07) is 6.38. The number of piperidine rings is 1. The van der Waals surface area contributed by atoms with E-state index in [0.717, 1.165) is 18.4 Å². The third-order valence-corrected chi connectivity index (χ3v) is 6.61. The standard InChI is InChI=1S/C19H26N4O3S/c1-15-4-3-10-23(14-15)27(25,26)18-7-5-17(6-8-18)21-19(24)9-11-22-13-16(2)12-20-22/h5-8,12-13,15H,3-4,9-11,14H2,1-2H3,(H,21,24). The van der Waals surface area contributed by atoms with Gasteiger partial charge in [-0.2, -0.15) is 9.40 Å². The van der Waals surface area contributed by atoms with E-state index in [2.05, 4.69) is 17.3 Å². The Morgan fingerprint density at radius 2 is 2.04 bits per heavy atom. The predicted molar refractivity (Wildman–Crippen MR) is 104 cm³/mol. The molecule has 7 nitrogen and oxygen atoms in total. The summed E-state index contributed by atoms with van der Waals surface area (Å²) in [5.41, 5.74) is 1.64. The molecule has 0 spiro atoms. The lowest BCUT2D eigenvalue weighted by Gasteiger charge is -2.30. The minimum atomic E-state index is -3.48. The predicted octanol–water partition coefficient (Wildman–Crippen LogP) is 2.64. The first kappa shape index (κ1) is 19.6. The highest BCUT2D eigenvalue weighted by Gasteiger charge is 2.28. The van der Waals surface area contributed by atoms with E-state index in [-0.39, 0.29) is 10.8 Å². The average molecular weight is 391 g/mol. The summed E-state index contributed by atoms with van der Waals surface area (Å²) in [5, 5.41) is 6.94. The van der Waals surface area contributed by atoms with E-state index in [9.17, 15) is 13.2 Å². The SMILES string of the molecule is Cc1cnn(CCC(=O)Nc2ccc(S(=O)(=O)N3CCCC(C)C3)cc2)c1. The van der Waals surface area contributed by atoms with Gasteiger partial charge in [-0.05, 0) is 55.5 Å². The molecule has 0 bridgehead atoms. The summed E-state index contributed by atoms with van der Waals surface area (Å²) in [7, 11) is -3.48. The quantitative estimate of drug-likeness (QED) is 0.822. The molecule has 1 aliphatic rings. The number of carbonyl (C=O) groups is 1. The van der Waals surface area contributed by atoms with E-state index in [1.807, 2.05) is 13.1 Å². The van der Waals surface area contributed by atoms with E-state index in [1.165, 1.54) is 0 Å². The van der Waals surface area contributed by atoms with Gasteiger partial charge in [-0.25, -0.2) is 8.42 Å². The number of nitrogens with zero attached hydrogens (tertiary/aromatic N) is 3. The van der Waals surface area contributed by atoms with Crippen molar-refractivity contribution in [1.29, 1.82) is 0 Å². The molecule has 1 N–H and O–H groups in total. The molecule has 0 radical (unpaired) electrons. The molecule has 2 aromatic rings. The number of carbonyl (C=O) groups excluding carboxylic acids is 1. The van der Waals surface area contributed by atoms with Crippen LogP contribution in [0.3, 0.4) is 0 Å². The highest BCUT2D eigenvalue weighted by molar-refractivity contribution is 7.89. The first-order chi connectivity index (χ1) is 12.8. The number of nitrogens with one attached hydrogen (secondary N) is 1. The molecule has 0 saturated carbocycles. The number of sulfonamides is 1. The Hall–Kier alpha value is -2.19. The largest absolute Gasteiger partial charge is 0.326 e. The van der Waals surface area contributed by atoms with E-state index in [0.29, 0.717) is 37.7 Å². The second-order valence-corrected chi connectivity index (χ2v) is 9.15. The molecule has 0 aliphatic carbocycles. The molecule has 1 fully saturated rings. The van der Waals surface area contributed by atoms with Gasteiger partial charge in [0.2, 0.25) is 15.9 Å². The Morgan fingerprint density at radius 3 is 2.67 bits per heavy atom. The van der Waals surface area contributed by atoms with Gasteiger partial charge in [-0.1, -0.05) is 6.92 Å². The van der Waals surface area contributed by atoms with Crippen LogP contribution in [0.2, 0.25) is 0 Å². The molecule has 3 rings (SSSR count). The van der Waals surface area contributed by atoms with Crippen LogP contribution in [0.25, 0.3) is 0 Å². The van der Waals surface area contributed by atoms with Gasteiger partial charge in [0.05, 0.1) is 11.1 Å². The number of benzene rings is 1. The van der Waals surface area contributed by atoms with Gasteiger partial charge in [0, 0.05) is 37.9 Å². The van der Waals surface area contributed by atoms with Gasteiger partial charge >= 0.3 is 0 Å². The van der Waals surface area contributed by atoms with Crippen LogP contribution in [0.1, 0.15) is 31.7 Å². The molecule has 1 aromatic heterocycles. The van der Waals surface area contributed by atoms with Crippen molar-refractivity contribution in [2.75, 3.05) is 18.4 Å². The number of amides is 1. The minimum absolute atomic E-state index is 0.136. The fourth-order valence-electron chi connectivity index (χ4n) is 3.25. The first-order valence-electron chi connectivity index (χ1n) is 9.24. The minimum Gasteiger partial charge on any atom is -0.326 e. The van der Waals surface area contributed by atoms with E-state index >= 15 is 0 Å². The zero-order chi connectivity index (χ0) is 19.4. The Kier molecular flexibility index (Phi) is 5.96. The van der Waals surface area contributed by atoms with Crippen LogP contribution in [-0.2, 0) is 21.4 Å². The molecule has 146 valence electrons. The second-order valence-electron chi connectivity index (χ2n) is 7.21. The highest BCUT2D eigenvalue weighted by Crippen LogP contribution is 2.24. The monoisotopic (exact) mass is 390 g/mol. The third kappa shape index (κ3) is 4.95. The van der Waals surface area contributed by atoms with Crippen molar-refractivity contribution in [2.24, 2.45) is 5.92 Å². The van der Waals surface area contributed by atoms with Gasteiger partial charge in [0.25, 0.3) is 0 Å². The van der Waals surface area contributed by atoms with Crippen molar-refractivity contribution >= 4 is 21.6 Å². The molecule has 1 atom stereocenters. The fraction of sp³-hybridized carbons (Fsp3) is 0.474. The van der Waals surface area contributed by atoms with Gasteiger partial charge in [0.15, 0.2) is 0 Å². The van der Waals surface area contributed by atoms with E-state index in [4.69, 9.17) is 0 Å². The first-order valence-corrected chi connectivity index (χ1v) is 10.7. The maximum Gasteiger partial charge on any atom is 0.243 e. The highest BCUT2D eigenvalue weighted by atomic mass is 32.2. The van der Waals surface area contributed by atoms with Gasteiger partial charge in [-0.15, -0.1) is 0 Å². The zero-order valence-electron chi connectivity index (χ0n) is 15.8. The summed E-state index contributed by atoms with van der Waals surface area (Å²) in [4.78, 5) is 12.3. The summed E-state index contributed by atoms with van der Waals surface area (Å²) < 4.78 is 28.8. The van der Waals surface area contributed by atoms with Crippen molar-refractivity contribution in [3.8, 4) is 0 Å². The molecule has 27 heavy (non-hydrogen) atoms. The van der Waals surface area contributed by atoms with E-state index < -0.39 is 10.0 Å². The Morgan fingerprint density at radius 1 is 1.30 bits per heavy atom. The lowest BCUT2D eigenvalue weighted by molar-refractivity contribution is -0.116. The molecule has 2 heterocycles. The lowest BCUT2D eigenvalue weighted by Crippen LogP contribution is -2.39. The summed E-state index contributed by atoms with van der Waals surface area (Å²) in [5.74, 6) is 0.245. The van der Waals surface area contributed by atoms with Crippen LogP contribution < -0.4 is 5.32 Å². The van der Waals surface area contributed by atoms with E-state index in [1.54, 1.807) is 39.4 Å². The number of hydrogen-bond donors (Lipinski definition) is 1. The zero-order valence-corrected chi connectivity index (χ0v) is 16.6. The van der Waals surface area contributed by atoms with Gasteiger partial charge in [-0.3, -0.25) is 9.48 Å². The molecule has 1 aromatic carbocycles. The number of aromatic nitrogens is 2. The van der Waals surface area contributed by atoms with Crippen LogP contribution in [0, 0.1) is 12.8 Å². The lowest BCUT2D eigenvalue weighted by atomic mass is 10.0. The third-order valence-electron chi connectivity index (χ3n) is 4.73. The summed E-state index contributed by atoms with van der Waals surface area (Å²) >= 11 is 0. The normalized spacial score (nSPS) is 18.4. The maximum absolute atomic E-state index is 12.8. The number of anilines is 1. The van der Waals surface area contributed by atoms with Crippen LogP contribution in [0.5, 0.6) is 0 Å². The molecular formula is C19H26N4O3S.